The lowest BCUT2D eigenvalue weighted by Gasteiger charge is -2.03. The van der Waals surface area contributed by atoms with Crippen LogP contribution in [0.2, 0.25) is 0 Å². The first kappa shape index (κ1) is 13.7. The molecule has 1 aromatic carbocycles. The molecular formula is C14H13N5OS2. The topological polar surface area (TPSA) is 69.1 Å². The van der Waals surface area contributed by atoms with Gasteiger partial charge in [-0.05, 0) is 19.1 Å². The van der Waals surface area contributed by atoms with Crippen LogP contribution in [0.1, 0.15) is 30.8 Å². The van der Waals surface area contributed by atoms with Gasteiger partial charge in [-0.2, -0.15) is 4.98 Å². The van der Waals surface area contributed by atoms with E-state index in [1.807, 2.05) is 26.0 Å². The second-order valence-electron chi connectivity index (χ2n) is 4.83. The molecule has 3 heterocycles. The molecule has 6 nitrogen and oxygen atoms in total. The Morgan fingerprint density at radius 3 is 3.00 bits per heavy atom. The first-order valence-electron chi connectivity index (χ1n) is 6.98. The van der Waals surface area contributed by atoms with Crippen LogP contribution in [0, 0.1) is 0 Å². The summed E-state index contributed by atoms with van der Waals surface area (Å²) in [5.74, 6) is 1.35. The van der Waals surface area contributed by atoms with E-state index in [2.05, 4.69) is 36.9 Å². The molecule has 4 rings (SSSR count). The maximum absolute atomic E-state index is 5.31. The van der Waals surface area contributed by atoms with Crippen molar-refractivity contribution in [3.8, 4) is 0 Å². The van der Waals surface area contributed by atoms with Gasteiger partial charge in [0.05, 0.1) is 15.5 Å². The van der Waals surface area contributed by atoms with Crippen molar-refractivity contribution in [1.29, 1.82) is 0 Å². The summed E-state index contributed by atoms with van der Waals surface area (Å²) in [4.78, 5) is 5.28. The lowest BCUT2D eigenvalue weighted by Crippen LogP contribution is -1.93. The van der Waals surface area contributed by atoms with Gasteiger partial charge in [0.15, 0.2) is 11.0 Å². The summed E-state index contributed by atoms with van der Waals surface area (Å²) < 4.78 is 8.59. The van der Waals surface area contributed by atoms with Crippen molar-refractivity contribution in [3.63, 3.8) is 0 Å². The van der Waals surface area contributed by atoms with E-state index < -0.39 is 0 Å². The van der Waals surface area contributed by atoms with Gasteiger partial charge < -0.3 is 4.52 Å². The van der Waals surface area contributed by atoms with E-state index in [1.165, 1.54) is 4.70 Å². The molecule has 112 valence electrons. The van der Waals surface area contributed by atoms with Gasteiger partial charge in [0.25, 0.3) is 0 Å². The fraction of sp³-hybridized carbons (Fsp3) is 0.286. The SMILES string of the molecule is CCc1noc(C(C)Sc2nnc3sc4ccccc4n23)n1. The van der Waals surface area contributed by atoms with Gasteiger partial charge in [-0.25, -0.2) is 0 Å². The number of hydrogen-bond donors (Lipinski definition) is 0. The Kier molecular flexibility index (Phi) is 3.34. The molecule has 0 saturated carbocycles. The first-order chi connectivity index (χ1) is 10.8. The summed E-state index contributed by atoms with van der Waals surface area (Å²) in [6, 6.07) is 8.24. The molecule has 0 saturated heterocycles. The minimum atomic E-state index is 0.0267. The van der Waals surface area contributed by atoms with Crippen molar-refractivity contribution < 1.29 is 4.52 Å². The highest BCUT2D eigenvalue weighted by Crippen LogP contribution is 2.36. The zero-order chi connectivity index (χ0) is 15.1. The molecule has 0 N–H and O–H groups in total. The Morgan fingerprint density at radius 2 is 2.18 bits per heavy atom. The van der Waals surface area contributed by atoms with Gasteiger partial charge in [0.2, 0.25) is 10.9 Å². The van der Waals surface area contributed by atoms with Crippen LogP contribution in [0.4, 0.5) is 0 Å². The lowest BCUT2D eigenvalue weighted by atomic mass is 10.3. The van der Waals surface area contributed by atoms with Crippen LogP contribution in [-0.4, -0.2) is 24.7 Å². The third-order valence-corrected chi connectivity index (χ3v) is 5.38. The quantitative estimate of drug-likeness (QED) is 0.531. The number of para-hydroxylation sites is 1. The van der Waals surface area contributed by atoms with Gasteiger partial charge in [0, 0.05) is 6.42 Å². The third-order valence-electron chi connectivity index (χ3n) is 3.34. The van der Waals surface area contributed by atoms with Crippen LogP contribution in [0.5, 0.6) is 0 Å². The molecule has 0 spiro atoms. The van der Waals surface area contributed by atoms with Gasteiger partial charge in [-0.15, -0.1) is 10.2 Å². The maximum Gasteiger partial charge on any atom is 0.239 e. The predicted octanol–water partition coefficient (Wildman–Crippen LogP) is 3.74. The van der Waals surface area contributed by atoms with Crippen LogP contribution >= 0.6 is 23.1 Å². The standard InChI is InChI=1S/C14H13N5OS2/c1-3-11-15-12(20-18-11)8(2)21-13-16-17-14-19(13)9-6-4-5-7-10(9)22-14/h4-8H,3H2,1-2H3. The number of benzene rings is 1. The number of hydrogen-bond acceptors (Lipinski definition) is 7. The van der Waals surface area contributed by atoms with E-state index in [4.69, 9.17) is 4.52 Å². The summed E-state index contributed by atoms with van der Waals surface area (Å²) in [6.07, 6.45) is 0.769. The zero-order valence-corrected chi connectivity index (χ0v) is 13.7. The minimum Gasteiger partial charge on any atom is -0.338 e. The second-order valence-corrected chi connectivity index (χ2v) is 7.15. The maximum atomic E-state index is 5.31. The molecule has 0 fully saturated rings. The highest BCUT2D eigenvalue weighted by atomic mass is 32.2. The molecule has 4 aromatic rings. The van der Waals surface area contributed by atoms with Crippen LogP contribution < -0.4 is 0 Å². The number of rotatable bonds is 4. The summed E-state index contributed by atoms with van der Waals surface area (Å²) in [6.45, 7) is 4.04. The number of thioether (sulfide) groups is 1. The zero-order valence-electron chi connectivity index (χ0n) is 12.1. The average molecular weight is 331 g/mol. The Labute approximate surface area is 134 Å². The van der Waals surface area contributed by atoms with Crippen molar-refractivity contribution in [1.82, 2.24) is 24.7 Å². The molecule has 0 amide bonds. The molecule has 0 aliphatic heterocycles. The Balaban J connectivity index is 1.71. The average Bonchev–Trinajstić information content (AvgIpc) is 3.22. The van der Waals surface area contributed by atoms with E-state index in [-0.39, 0.29) is 5.25 Å². The van der Waals surface area contributed by atoms with E-state index in [0.717, 1.165) is 27.9 Å². The third kappa shape index (κ3) is 2.19. The smallest absolute Gasteiger partial charge is 0.239 e. The van der Waals surface area contributed by atoms with Crippen LogP contribution in [0.3, 0.4) is 0 Å². The lowest BCUT2D eigenvalue weighted by molar-refractivity contribution is 0.375. The fourth-order valence-corrected chi connectivity index (χ4v) is 4.13. The van der Waals surface area contributed by atoms with Crippen molar-refractivity contribution in [3.05, 3.63) is 36.0 Å². The van der Waals surface area contributed by atoms with Gasteiger partial charge in [-0.1, -0.05) is 47.3 Å². The Bertz CT molecular complexity index is 941. The second kappa shape index (κ2) is 5.36. The van der Waals surface area contributed by atoms with E-state index >= 15 is 0 Å². The predicted molar refractivity (Wildman–Crippen MR) is 86.3 cm³/mol. The van der Waals surface area contributed by atoms with Crippen LogP contribution in [-0.2, 0) is 6.42 Å². The number of thiazole rings is 1. The highest BCUT2D eigenvalue weighted by molar-refractivity contribution is 7.99. The molecule has 8 heteroatoms. The summed E-state index contributed by atoms with van der Waals surface area (Å²) in [7, 11) is 0. The first-order valence-corrected chi connectivity index (χ1v) is 8.67. The van der Waals surface area contributed by atoms with E-state index in [0.29, 0.717) is 5.89 Å². The van der Waals surface area contributed by atoms with Crippen molar-refractivity contribution in [2.75, 3.05) is 0 Å². The van der Waals surface area contributed by atoms with Crippen LogP contribution in [0.15, 0.2) is 33.9 Å². The molecule has 1 atom stereocenters. The summed E-state index contributed by atoms with van der Waals surface area (Å²) in [5, 5.41) is 13.4. The molecule has 0 bridgehead atoms. The normalized spacial score (nSPS) is 13.2. The summed E-state index contributed by atoms with van der Waals surface area (Å²) in [5.41, 5.74) is 1.13. The van der Waals surface area contributed by atoms with Crippen molar-refractivity contribution >= 4 is 38.3 Å². The van der Waals surface area contributed by atoms with E-state index in [9.17, 15) is 0 Å². The Morgan fingerprint density at radius 1 is 1.32 bits per heavy atom. The molecule has 0 aliphatic rings. The minimum absolute atomic E-state index is 0.0267. The van der Waals surface area contributed by atoms with Gasteiger partial charge >= 0.3 is 0 Å². The van der Waals surface area contributed by atoms with Crippen molar-refractivity contribution in [2.24, 2.45) is 0 Å². The number of aromatic nitrogens is 5. The number of nitrogens with zero attached hydrogens (tertiary/aromatic N) is 5. The molecular weight excluding hydrogens is 318 g/mol. The largest absolute Gasteiger partial charge is 0.338 e. The van der Waals surface area contributed by atoms with Gasteiger partial charge in [0.1, 0.15) is 0 Å². The molecule has 0 aliphatic carbocycles. The number of aryl methyl sites for hydroxylation is 1. The monoisotopic (exact) mass is 331 g/mol. The molecule has 3 aromatic heterocycles. The van der Waals surface area contributed by atoms with Gasteiger partial charge in [-0.3, -0.25) is 4.40 Å². The molecule has 22 heavy (non-hydrogen) atoms. The molecule has 0 radical (unpaired) electrons. The number of fused-ring (bicyclic) bond motifs is 3. The van der Waals surface area contributed by atoms with E-state index in [1.54, 1.807) is 23.1 Å². The fourth-order valence-electron chi connectivity index (χ4n) is 2.22. The highest BCUT2D eigenvalue weighted by Gasteiger charge is 2.20. The Hall–Kier alpha value is -1.93. The van der Waals surface area contributed by atoms with Crippen molar-refractivity contribution in [2.45, 2.75) is 30.7 Å². The summed E-state index contributed by atoms with van der Waals surface area (Å²) >= 11 is 3.21. The molecule has 1 unspecified atom stereocenters. The van der Waals surface area contributed by atoms with Crippen LogP contribution in [0.25, 0.3) is 15.2 Å².